The van der Waals surface area contributed by atoms with Crippen molar-refractivity contribution in [1.82, 2.24) is 15.1 Å². The average Bonchev–Trinajstić information content (AvgIpc) is 2.84. The maximum atomic E-state index is 13.2. The Morgan fingerprint density at radius 3 is 2.59 bits per heavy atom. The van der Waals surface area contributed by atoms with Gasteiger partial charge in [0.2, 0.25) is 0 Å². The fourth-order valence-electron chi connectivity index (χ4n) is 2.02. The number of hydrogen-bond acceptors (Lipinski definition) is 4. The van der Waals surface area contributed by atoms with Crippen LogP contribution in [0.4, 0.5) is 13.2 Å². The van der Waals surface area contributed by atoms with E-state index >= 15 is 0 Å². The Morgan fingerprint density at radius 1 is 1.50 bits per heavy atom. The maximum Gasteiger partial charge on any atom is 0.433 e. The molecule has 0 aromatic carbocycles. The molecule has 1 rings (SSSR count). The fourth-order valence-corrected chi connectivity index (χ4v) is 2.67. The van der Waals surface area contributed by atoms with Gasteiger partial charge in [-0.2, -0.15) is 30.0 Å². The topological polar surface area (TPSA) is 67.2 Å². The first-order valence-electron chi connectivity index (χ1n) is 6.77. The highest BCUT2D eigenvalue weighted by atomic mass is 32.2. The molecule has 0 bridgehead atoms. The highest BCUT2D eigenvalue weighted by Gasteiger charge is 2.40. The van der Waals surface area contributed by atoms with Crippen molar-refractivity contribution < 1.29 is 23.1 Å². The second-order valence-corrected chi connectivity index (χ2v) is 5.99. The van der Waals surface area contributed by atoms with Crippen LogP contribution in [0, 0.1) is 0 Å². The van der Waals surface area contributed by atoms with Gasteiger partial charge in [0.25, 0.3) is 5.91 Å². The molecule has 0 radical (unpaired) electrons. The molecule has 1 amide bonds. The van der Waals surface area contributed by atoms with E-state index in [1.54, 1.807) is 13.8 Å². The average molecular weight is 339 g/mol. The van der Waals surface area contributed by atoms with Gasteiger partial charge in [-0.05, 0) is 26.5 Å². The molecule has 1 aromatic rings. The van der Waals surface area contributed by atoms with E-state index in [9.17, 15) is 18.0 Å². The summed E-state index contributed by atoms with van der Waals surface area (Å²) >= 11 is 1.44. The molecule has 0 saturated heterocycles. The highest BCUT2D eigenvalue weighted by molar-refractivity contribution is 7.98. The summed E-state index contributed by atoms with van der Waals surface area (Å²) in [5.74, 6) is -0.321. The van der Waals surface area contributed by atoms with Gasteiger partial charge in [0, 0.05) is 24.4 Å². The van der Waals surface area contributed by atoms with Crippen molar-refractivity contribution in [3.63, 3.8) is 0 Å². The first-order chi connectivity index (χ1) is 10.2. The number of carbonyl (C=O) groups excluding carboxylic acids is 1. The van der Waals surface area contributed by atoms with E-state index in [0.29, 0.717) is 5.75 Å². The van der Waals surface area contributed by atoms with Crippen molar-refractivity contribution in [2.75, 3.05) is 18.6 Å². The van der Waals surface area contributed by atoms with Crippen LogP contribution in [0.3, 0.4) is 0 Å². The van der Waals surface area contributed by atoms with Crippen molar-refractivity contribution in [3.05, 3.63) is 17.5 Å². The van der Waals surface area contributed by atoms with Gasteiger partial charge in [0.15, 0.2) is 5.69 Å². The predicted molar refractivity (Wildman–Crippen MR) is 79.0 cm³/mol. The Bertz CT molecular complexity index is 497. The van der Waals surface area contributed by atoms with E-state index in [1.165, 1.54) is 11.8 Å². The van der Waals surface area contributed by atoms with Crippen molar-refractivity contribution >= 4 is 17.7 Å². The smallest absolute Gasteiger partial charge is 0.396 e. The first-order valence-corrected chi connectivity index (χ1v) is 8.17. The highest BCUT2D eigenvalue weighted by Crippen LogP contribution is 2.33. The number of rotatable bonds is 7. The van der Waals surface area contributed by atoms with Crippen LogP contribution < -0.4 is 5.32 Å². The van der Waals surface area contributed by atoms with E-state index in [4.69, 9.17) is 5.11 Å². The lowest BCUT2D eigenvalue weighted by Crippen LogP contribution is -2.38. The number of aliphatic hydroxyl groups excluding tert-OH is 1. The van der Waals surface area contributed by atoms with Crippen LogP contribution in [-0.2, 0) is 6.18 Å². The van der Waals surface area contributed by atoms with Crippen LogP contribution in [0.2, 0.25) is 0 Å². The molecule has 9 heteroatoms. The quantitative estimate of drug-likeness (QED) is 0.800. The summed E-state index contributed by atoms with van der Waals surface area (Å²) in [6.45, 7) is 2.97. The van der Waals surface area contributed by atoms with Crippen molar-refractivity contribution in [2.24, 2.45) is 0 Å². The normalized spacial score (nSPS) is 13.5. The lowest BCUT2D eigenvalue weighted by molar-refractivity contribution is -0.145. The van der Waals surface area contributed by atoms with Gasteiger partial charge in [-0.1, -0.05) is 0 Å². The van der Waals surface area contributed by atoms with Gasteiger partial charge in [-0.25, -0.2) is 0 Å². The molecule has 1 unspecified atom stereocenters. The molecule has 0 aliphatic heterocycles. The monoisotopic (exact) mass is 339 g/mol. The number of thioether (sulfide) groups is 1. The molecule has 1 heterocycles. The van der Waals surface area contributed by atoms with Gasteiger partial charge >= 0.3 is 6.18 Å². The predicted octanol–water partition coefficient (Wildman–Crippen LogP) is 2.33. The summed E-state index contributed by atoms with van der Waals surface area (Å²) in [7, 11) is 0. The summed E-state index contributed by atoms with van der Waals surface area (Å²) in [5, 5.41) is 15.2. The zero-order valence-corrected chi connectivity index (χ0v) is 13.5. The SMILES string of the molecule is CSCC(CCO)NC(=O)c1cnn(C(C)C)c1C(F)(F)F. The Morgan fingerprint density at radius 2 is 2.14 bits per heavy atom. The molecule has 126 valence electrons. The molecule has 0 spiro atoms. The van der Waals surface area contributed by atoms with Crippen molar-refractivity contribution in [3.8, 4) is 0 Å². The van der Waals surface area contributed by atoms with Crippen molar-refractivity contribution in [2.45, 2.75) is 38.5 Å². The van der Waals surface area contributed by atoms with Gasteiger partial charge < -0.3 is 10.4 Å². The Hall–Kier alpha value is -1.22. The largest absolute Gasteiger partial charge is 0.433 e. The van der Waals surface area contributed by atoms with Crippen LogP contribution >= 0.6 is 11.8 Å². The molecule has 22 heavy (non-hydrogen) atoms. The molecule has 1 atom stereocenters. The number of aliphatic hydroxyl groups is 1. The van der Waals surface area contributed by atoms with E-state index < -0.39 is 35.4 Å². The lowest BCUT2D eigenvalue weighted by atomic mass is 10.2. The zero-order chi connectivity index (χ0) is 16.9. The molecule has 2 N–H and O–H groups in total. The van der Waals surface area contributed by atoms with Gasteiger partial charge in [0.1, 0.15) is 0 Å². The lowest BCUT2D eigenvalue weighted by Gasteiger charge is -2.18. The summed E-state index contributed by atoms with van der Waals surface area (Å²) in [5.41, 5.74) is -1.54. The Balaban J connectivity index is 3.07. The Kier molecular flexibility index (Phi) is 6.73. The summed E-state index contributed by atoms with van der Waals surface area (Å²) in [6, 6.07) is -0.909. The van der Waals surface area contributed by atoms with E-state index in [-0.39, 0.29) is 13.0 Å². The van der Waals surface area contributed by atoms with E-state index in [1.807, 2.05) is 6.26 Å². The molecular weight excluding hydrogens is 319 g/mol. The van der Waals surface area contributed by atoms with E-state index in [2.05, 4.69) is 10.4 Å². The first kappa shape index (κ1) is 18.8. The molecular formula is C13H20F3N3O2S. The second-order valence-electron chi connectivity index (χ2n) is 5.08. The molecule has 0 aliphatic rings. The number of carbonyl (C=O) groups is 1. The number of nitrogens with zero attached hydrogens (tertiary/aromatic N) is 2. The number of amides is 1. The summed E-state index contributed by atoms with van der Waals surface area (Å²) < 4.78 is 40.4. The maximum absolute atomic E-state index is 13.2. The third-order valence-corrected chi connectivity index (χ3v) is 3.71. The van der Waals surface area contributed by atoms with Gasteiger partial charge in [-0.15, -0.1) is 0 Å². The van der Waals surface area contributed by atoms with Crippen LogP contribution in [0.25, 0.3) is 0 Å². The third kappa shape index (κ3) is 4.64. The van der Waals surface area contributed by atoms with Crippen LogP contribution in [-0.4, -0.2) is 45.5 Å². The number of hydrogen-bond donors (Lipinski definition) is 2. The third-order valence-electron chi connectivity index (χ3n) is 2.98. The summed E-state index contributed by atoms with van der Waals surface area (Å²) in [4.78, 5) is 12.2. The molecule has 5 nitrogen and oxygen atoms in total. The van der Waals surface area contributed by atoms with Crippen LogP contribution in [0.15, 0.2) is 6.20 Å². The molecule has 0 fully saturated rings. The van der Waals surface area contributed by atoms with Crippen molar-refractivity contribution in [1.29, 1.82) is 0 Å². The summed E-state index contributed by atoms with van der Waals surface area (Å²) in [6.07, 6.45) is -1.63. The molecule has 0 aliphatic carbocycles. The second kappa shape index (κ2) is 7.87. The minimum Gasteiger partial charge on any atom is -0.396 e. The standard InChI is InChI=1S/C13H20F3N3O2S/c1-8(2)19-11(13(14,15)16)10(6-17-19)12(21)18-9(4-5-20)7-22-3/h6,8-9,20H,4-5,7H2,1-3H3,(H,18,21). The van der Waals surface area contributed by atoms with Gasteiger partial charge in [-0.3, -0.25) is 9.48 Å². The number of aromatic nitrogens is 2. The zero-order valence-electron chi connectivity index (χ0n) is 12.6. The Labute approximate surface area is 131 Å². The minimum atomic E-state index is -4.67. The fraction of sp³-hybridized carbons (Fsp3) is 0.692. The van der Waals surface area contributed by atoms with Gasteiger partial charge in [0.05, 0.1) is 11.8 Å². The molecule has 1 aromatic heterocycles. The molecule has 0 saturated carbocycles. The number of alkyl halides is 3. The minimum absolute atomic E-state index is 0.150. The van der Waals surface area contributed by atoms with E-state index in [0.717, 1.165) is 10.9 Å². The number of halogens is 3. The van der Waals surface area contributed by atoms with Crippen LogP contribution in [0.1, 0.15) is 42.4 Å². The number of nitrogens with one attached hydrogen (secondary N) is 1. The van der Waals surface area contributed by atoms with Crippen LogP contribution in [0.5, 0.6) is 0 Å².